The van der Waals surface area contributed by atoms with Crippen molar-refractivity contribution in [1.82, 2.24) is 9.55 Å². The van der Waals surface area contributed by atoms with Crippen molar-refractivity contribution >= 4 is 29.0 Å². The molecule has 0 aliphatic heterocycles. The number of nitrogen functional groups attached to an aromatic ring is 1. The van der Waals surface area contributed by atoms with E-state index in [0.29, 0.717) is 15.9 Å². The van der Waals surface area contributed by atoms with Gasteiger partial charge in [-0.05, 0) is 32.9 Å². The van der Waals surface area contributed by atoms with Crippen LogP contribution in [0.4, 0.5) is 5.82 Å². The second-order valence-corrected chi connectivity index (χ2v) is 5.30. The maximum Gasteiger partial charge on any atom is 0.131 e. The van der Waals surface area contributed by atoms with E-state index in [1.54, 1.807) is 12.1 Å². The highest BCUT2D eigenvalue weighted by Gasteiger charge is 2.16. The highest BCUT2D eigenvalue weighted by molar-refractivity contribution is 6.42. The Morgan fingerprint density at radius 2 is 1.89 bits per heavy atom. The van der Waals surface area contributed by atoms with Gasteiger partial charge in [-0.15, -0.1) is 0 Å². The number of rotatable bonds is 2. The molecule has 0 atom stereocenters. The lowest BCUT2D eigenvalue weighted by Crippen LogP contribution is -2.07. The standard InChI is InChI=1S/C13H15Cl2N3/c1-7(2)18-8(3)17-12(13(18)16)9-4-5-10(14)11(15)6-9/h4-7H,16H2,1-3H3. The monoisotopic (exact) mass is 283 g/mol. The number of nitrogens with zero attached hydrogens (tertiary/aromatic N) is 2. The van der Waals surface area contributed by atoms with Gasteiger partial charge in [0, 0.05) is 11.6 Å². The molecule has 0 fully saturated rings. The number of nitrogens with two attached hydrogens (primary N) is 1. The zero-order chi connectivity index (χ0) is 13.4. The summed E-state index contributed by atoms with van der Waals surface area (Å²) in [5, 5.41) is 1.03. The van der Waals surface area contributed by atoms with Crippen LogP contribution in [0.2, 0.25) is 10.0 Å². The minimum Gasteiger partial charge on any atom is -0.383 e. The molecular formula is C13H15Cl2N3. The Bertz CT molecular complexity index is 588. The molecule has 0 aliphatic carbocycles. The molecule has 0 unspecified atom stereocenters. The van der Waals surface area contributed by atoms with Gasteiger partial charge in [-0.2, -0.15) is 0 Å². The number of hydrogen-bond acceptors (Lipinski definition) is 2. The topological polar surface area (TPSA) is 43.8 Å². The molecule has 2 rings (SSSR count). The first kappa shape index (κ1) is 13.2. The van der Waals surface area contributed by atoms with Crippen molar-refractivity contribution in [2.45, 2.75) is 26.8 Å². The number of aryl methyl sites for hydroxylation is 1. The van der Waals surface area contributed by atoms with Gasteiger partial charge in [-0.1, -0.05) is 29.3 Å². The van der Waals surface area contributed by atoms with Gasteiger partial charge in [0.25, 0.3) is 0 Å². The summed E-state index contributed by atoms with van der Waals surface area (Å²) in [6.45, 7) is 6.09. The highest BCUT2D eigenvalue weighted by Crippen LogP contribution is 2.32. The highest BCUT2D eigenvalue weighted by atomic mass is 35.5. The van der Waals surface area contributed by atoms with E-state index in [0.717, 1.165) is 17.1 Å². The molecule has 1 heterocycles. The van der Waals surface area contributed by atoms with Crippen LogP contribution in [-0.2, 0) is 0 Å². The Kier molecular flexibility index (Phi) is 3.55. The van der Waals surface area contributed by atoms with Gasteiger partial charge in [-0.25, -0.2) is 4.98 Å². The first-order chi connectivity index (χ1) is 8.41. The molecule has 2 N–H and O–H groups in total. The molecule has 0 aliphatic rings. The number of benzene rings is 1. The molecule has 2 aromatic rings. The van der Waals surface area contributed by atoms with Crippen molar-refractivity contribution in [3.8, 4) is 11.3 Å². The van der Waals surface area contributed by atoms with Crippen molar-refractivity contribution in [2.24, 2.45) is 0 Å². The number of anilines is 1. The van der Waals surface area contributed by atoms with Crippen LogP contribution in [-0.4, -0.2) is 9.55 Å². The Morgan fingerprint density at radius 3 is 2.39 bits per heavy atom. The van der Waals surface area contributed by atoms with Gasteiger partial charge >= 0.3 is 0 Å². The van der Waals surface area contributed by atoms with E-state index in [-0.39, 0.29) is 6.04 Å². The molecule has 96 valence electrons. The molecular weight excluding hydrogens is 269 g/mol. The molecule has 0 amide bonds. The average molecular weight is 284 g/mol. The second kappa shape index (κ2) is 4.82. The number of halogens is 2. The number of aromatic nitrogens is 2. The SMILES string of the molecule is Cc1nc(-c2ccc(Cl)c(Cl)c2)c(N)n1C(C)C. The molecule has 0 saturated carbocycles. The van der Waals surface area contributed by atoms with Crippen molar-refractivity contribution in [1.29, 1.82) is 0 Å². The zero-order valence-corrected chi connectivity index (χ0v) is 12.0. The van der Waals surface area contributed by atoms with Gasteiger partial charge in [-0.3, -0.25) is 0 Å². The fourth-order valence-electron chi connectivity index (χ4n) is 2.07. The van der Waals surface area contributed by atoms with Gasteiger partial charge in [0.2, 0.25) is 0 Å². The summed E-state index contributed by atoms with van der Waals surface area (Å²) in [6, 6.07) is 5.68. The number of hydrogen-bond donors (Lipinski definition) is 1. The van der Waals surface area contributed by atoms with Crippen LogP contribution in [0.3, 0.4) is 0 Å². The third-order valence-electron chi connectivity index (χ3n) is 2.83. The predicted octanol–water partition coefficient (Wildman–Crippen LogP) is 4.33. The van der Waals surface area contributed by atoms with Crippen LogP contribution in [0.5, 0.6) is 0 Å². The second-order valence-electron chi connectivity index (χ2n) is 4.49. The van der Waals surface area contributed by atoms with Crippen molar-refractivity contribution in [3.63, 3.8) is 0 Å². The van der Waals surface area contributed by atoms with Crippen LogP contribution >= 0.6 is 23.2 Å². The summed E-state index contributed by atoms with van der Waals surface area (Å²) in [6.07, 6.45) is 0. The van der Waals surface area contributed by atoms with Crippen LogP contribution in [0.1, 0.15) is 25.7 Å². The average Bonchev–Trinajstić information content (AvgIpc) is 2.58. The van der Waals surface area contributed by atoms with Crippen molar-refractivity contribution in [3.05, 3.63) is 34.1 Å². The smallest absolute Gasteiger partial charge is 0.131 e. The zero-order valence-electron chi connectivity index (χ0n) is 10.5. The third kappa shape index (κ3) is 2.20. The van der Waals surface area contributed by atoms with Gasteiger partial charge in [0.05, 0.1) is 10.0 Å². The van der Waals surface area contributed by atoms with Crippen LogP contribution in [0.15, 0.2) is 18.2 Å². The van der Waals surface area contributed by atoms with E-state index in [4.69, 9.17) is 28.9 Å². The molecule has 5 heteroatoms. The predicted molar refractivity (Wildman–Crippen MR) is 77.2 cm³/mol. The fraction of sp³-hybridized carbons (Fsp3) is 0.308. The molecule has 0 saturated heterocycles. The van der Waals surface area contributed by atoms with E-state index in [1.807, 2.05) is 17.6 Å². The first-order valence-corrected chi connectivity index (χ1v) is 6.47. The Labute approximate surface area is 117 Å². The summed E-state index contributed by atoms with van der Waals surface area (Å²) >= 11 is 11.9. The largest absolute Gasteiger partial charge is 0.383 e. The van der Waals surface area contributed by atoms with Crippen molar-refractivity contribution < 1.29 is 0 Å². The maximum absolute atomic E-state index is 6.15. The van der Waals surface area contributed by atoms with E-state index in [1.165, 1.54) is 0 Å². The van der Waals surface area contributed by atoms with Crippen LogP contribution in [0.25, 0.3) is 11.3 Å². The minimum absolute atomic E-state index is 0.272. The van der Waals surface area contributed by atoms with Gasteiger partial charge in [0.15, 0.2) is 0 Å². The first-order valence-electron chi connectivity index (χ1n) is 5.71. The van der Waals surface area contributed by atoms with Gasteiger partial charge in [0.1, 0.15) is 17.3 Å². The number of imidazole rings is 1. The van der Waals surface area contributed by atoms with Crippen LogP contribution < -0.4 is 5.73 Å². The molecule has 0 radical (unpaired) electrons. The van der Waals surface area contributed by atoms with Gasteiger partial charge < -0.3 is 10.3 Å². The Balaban J connectivity index is 2.58. The molecule has 1 aromatic carbocycles. The van der Waals surface area contributed by atoms with Crippen LogP contribution in [0, 0.1) is 6.92 Å². The van der Waals surface area contributed by atoms with E-state index < -0.39 is 0 Å². The molecule has 3 nitrogen and oxygen atoms in total. The van der Waals surface area contributed by atoms with E-state index in [9.17, 15) is 0 Å². The Morgan fingerprint density at radius 1 is 1.22 bits per heavy atom. The molecule has 18 heavy (non-hydrogen) atoms. The molecule has 0 bridgehead atoms. The normalized spacial score (nSPS) is 11.2. The Hall–Kier alpha value is -1.19. The summed E-state index contributed by atoms with van der Waals surface area (Å²) in [4.78, 5) is 4.51. The van der Waals surface area contributed by atoms with Crippen molar-refractivity contribution in [2.75, 3.05) is 5.73 Å². The lowest BCUT2D eigenvalue weighted by atomic mass is 10.1. The van der Waals surface area contributed by atoms with E-state index in [2.05, 4.69) is 18.8 Å². The fourth-order valence-corrected chi connectivity index (χ4v) is 2.37. The molecule has 0 spiro atoms. The third-order valence-corrected chi connectivity index (χ3v) is 3.57. The summed E-state index contributed by atoms with van der Waals surface area (Å²) in [7, 11) is 0. The summed E-state index contributed by atoms with van der Waals surface area (Å²) in [5.41, 5.74) is 7.78. The lowest BCUT2D eigenvalue weighted by Gasteiger charge is -2.11. The maximum atomic E-state index is 6.15. The summed E-state index contributed by atoms with van der Waals surface area (Å²) in [5.74, 6) is 1.55. The van der Waals surface area contributed by atoms with E-state index >= 15 is 0 Å². The lowest BCUT2D eigenvalue weighted by molar-refractivity contribution is 0.590. The summed E-state index contributed by atoms with van der Waals surface area (Å²) < 4.78 is 2.00. The quantitative estimate of drug-likeness (QED) is 0.892. The minimum atomic E-state index is 0.272. The molecule has 1 aromatic heterocycles.